The Balaban J connectivity index is 1.80. The van der Waals surface area contributed by atoms with Crippen molar-refractivity contribution in [3.8, 4) is 0 Å². The molecule has 3 nitrogen and oxygen atoms in total. The molecule has 24 heavy (non-hydrogen) atoms. The molecule has 5 heteroatoms. The van der Waals surface area contributed by atoms with Gasteiger partial charge in [-0.25, -0.2) is 0 Å². The second-order valence-corrected chi connectivity index (χ2v) is 6.89. The lowest BCUT2D eigenvalue weighted by atomic mass is 9.73. The minimum absolute atomic E-state index is 0.0214. The third kappa shape index (κ3) is 3.75. The molecule has 0 bridgehead atoms. The average Bonchev–Trinajstić information content (AvgIpc) is 2.61. The van der Waals surface area contributed by atoms with Gasteiger partial charge in [0.25, 0.3) is 0 Å². The fourth-order valence-electron chi connectivity index (χ4n) is 3.13. The molecule has 1 amide bonds. The first-order valence-corrected chi connectivity index (χ1v) is 8.72. The van der Waals surface area contributed by atoms with Crippen LogP contribution in [0, 0.1) is 0 Å². The Hall–Kier alpha value is -1.55. The number of ether oxygens (including phenoxy) is 1. The fourth-order valence-corrected chi connectivity index (χ4v) is 3.47. The van der Waals surface area contributed by atoms with E-state index in [1.54, 1.807) is 0 Å². The van der Waals surface area contributed by atoms with Crippen molar-refractivity contribution in [2.45, 2.75) is 24.8 Å². The van der Waals surface area contributed by atoms with Crippen LogP contribution >= 0.6 is 23.2 Å². The van der Waals surface area contributed by atoms with Gasteiger partial charge in [-0.2, -0.15) is 0 Å². The van der Waals surface area contributed by atoms with Gasteiger partial charge in [-0.15, -0.1) is 0 Å². The number of rotatable bonds is 4. The maximum atomic E-state index is 13.0. The number of benzene rings is 2. The third-order valence-corrected chi connectivity index (χ3v) is 5.01. The third-order valence-electron chi connectivity index (χ3n) is 4.52. The molecular formula is C19H19Cl2NO2. The van der Waals surface area contributed by atoms with Crippen LogP contribution in [-0.2, 0) is 21.5 Å². The number of carbonyl (C=O) groups is 1. The van der Waals surface area contributed by atoms with Gasteiger partial charge < -0.3 is 10.1 Å². The smallest absolute Gasteiger partial charge is 0.231 e. The molecule has 0 unspecified atom stereocenters. The number of hydrogen-bond donors (Lipinski definition) is 1. The van der Waals surface area contributed by atoms with Gasteiger partial charge in [0, 0.05) is 29.8 Å². The minimum atomic E-state index is -0.568. The standard InChI is InChI=1S/C19H19Cl2NO2/c20-16-6-4-15(5-7-16)19(8-10-24-11-9-19)18(23)22-13-14-2-1-3-17(21)12-14/h1-7,12H,8-11,13H2,(H,22,23). The molecule has 1 fully saturated rings. The highest BCUT2D eigenvalue weighted by Gasteiger charge is 2.41. The van der Waals surface area contributed by atoms with Crippen molar-refractivity contribution in [1.82, 2.24) is 5.32 Å². The highest BCUT2D eigenvalue weighted by molar-refractivity contribution is 6.30. The molecule has 126 valence electrons. The van der Waals surface area contributed by atoms with Crippen molar-refractivity contribution in [1.29, 1.82) is 0 Å². The van der Waals surface area contributed by atoms with Crippen LogP contribution in [0.2, 0.25) is 10.0 Å². The van der Waals surface area contributed by atoms with Gasteiger partial charge >= 0.3 is 0 Å². The van der Waals surface area contributed by atoms with E-state index in [9.17, 15) is 4.79 Å². The molecule has 1 aliphatic rings. The van der Waals surface area contributed by atoms with E-state index in [2.05, 4.69) is 5.32 Å². The van der Waals surface area contributed by atoms with Gasteiger partial charge in [0.15, 0.2) is 0 Å². The van der Waals surface area contributed by atoms with E-state index in [0.29, 0.717) is 42.6 Å². The molecule has 1 aliphatic heterocycles. The highest BCUT2D eigenvalue weighted by atomic mass is 35.5. The number of carbonyl (C=O) groups excluding carboxylic acids is 1. The summed E-state index contributed by atoms with van der Waals surface area (Å²) in [6.07, 6.45) is 1.33. The zero-order valence-corrected chi connectivity index (χ0v) is 14.7. The quantitative estimate of drug-likeness (QED) is 0.876. The normalized spacial score (nSPS) is 16.6. The van der Waals surface area contributed by atoms with Crippen LogP contribution in [0.15, 0.2) is 48.5 Å². The van der Waals surface area contributed by atoms with Crippen molar-refractivity contribution in [2.75, 3.05) is 13.2 Å². The summed E-state index contributed by atoms with van der Waals surface area (Å²) in [5.74, 6) is 0.0214. The van der Waals surface area contributed by atoms with Crippen LogP contribution < -0.4 is 5.32 Å². The van der Waals surface area contributed by atoms with E-state index < -0.39 is 5.41 Å². The summed E-state index contributed by atoms with van der Waals surface area (Å²) in [4.78, 5) is 13.0. The summed E-state index contributed by atoms with van der Waals surface area (Å²) in [5.41, 5.74) is 1.40. The molecule has 0 aromatic heterocycles. The topological polar surface area (TPSA) is 38.3 Å². The molecule has 2 aromatic rings. The molecule has 1 heterocycles. The van der Waals surface area contributed by atoms with E-state index in [0.717, 1.165) is 11.1 Å². The van der Waals surface area contributed by atoms with Gasteiger partial charge in [-0.3, -0.25) is 4.79 Å². The Morgan fingerprint density at radius 1 is 1.04 bits per heavy atom. The Morgan fingerprint density at radius 3 is 2.42 bits per heavy atom. The van der Waals surface area contributed by atoms with Crippen LogP contribution in [0.4, 0.5) is 0 Å². The minimum Gasteiger partial charge on any atom is -0.381 e. The number of halogens is 2. The average molecular weight is 364 g/mol. The van der Waals surface area contributed by atoms with E-state index in [4.69, 9.17) is 27.9 Å². The summed E-state index contributed by atoms with van der Waals surface area (Å²) in [7, 11) is 0. The first kappa shape index (κ1) is 17.3. The van der Waals surface area contributed by atoms with Gasteiger partial charge in [-0.05, 0) is 48.2 Å². The predicted molar refractivity (Wildman–Crippen MR) is 96.5 cm³/mol. The summed E-state index contributed by atoms with van der Waals surface area (Å²) in [6.45, 7) is 1.61. The van der Waals surface area contributed by atoms with E-state index in [1.807, 2.05) is 48.5 Å². The lowest BCUT2D eigenvalue weighted by molar-refractivity contribution is -0.130. The Labute approximate surface area is 151 Å². The number of hydrogen-bond acceptors (Lipinski definition) is 2. The molecule has 0 atom stereocenters. The highest BCUT2D eigenvalue weighted by Crippen LogP contribution is 2.35. The maximum absolute atomic E-state index is 13.0. The molecule has 1 saturated heterocycles. The van der Waals surface area contributed by atoms with Gasteiger partial charge in [0.2, 0.25) is 5.91 Å². The number of nitrogens with one attached hydrogen (secondary N) is 1. The molecule has 2 aromatic carbocycles. The molecule has 0 saturated carbocycles. The number of amides is 1. The zero-order chi connectivity index (χ0) is 17.0. The molecule has 0 radical (unpaired) electrons. The van der Waals surface area contributed by atoms with Crippen molar-refractivity contribution < 1.29 is 9.53 Å². The van der Waals surface area contributed by atoms with E-state index in [-0.39, 0.29) is 5.91 Å². The monoisotopic (exact) mass is 363 g/mol. The van der Waals surface area contributed by atoms with Gasteiger partial charge in [0.05, 0.1) is 5.41 Å². The second kappa shape index (κ2) is 7.56. The van der Waals surface area contributed by atoms with E-state index >= 15 is 0 Å². The first-order valence-electron chi connectivity index (χ1n) is 7.97. The largest absolute Gasteiger partial charge is 0.381 e. The Bertz CT molecular complexity index is 710. The SMILES string of the molecule is O=C(NCc1cccc(Cl)c1)C1(c2ccc(Cl)cc2)CCOCC1. The van der Waals surface area contributed by atoms with Crippen molar-refractivity contribution in [3.63, 3.8) is 0 Å². The summed E-state index contributed by atoms with van der Waals surface area (Å²) >= 11 is 12.0. The van der Waals surface area contributed by atoms with Crippen LogP contribution in [0.1, 0.15) is 24.0 Å². The van der Waals surface area contributed by atoms with Gasteiger partial charge in [0.1, 0.15) is 0 Å². The first-order chi connectivity index (χ1) is 11.6. The Kier molecular flexibility index (Phi) is 5.44. The van der Waals surface area contributed by atoms with Crippen LogP contribution in [0.3, 0.4) is 0 Å². The Morgan fingerprint density at radius 2 is 1.75 bits per heavy atom. The van der Waals surface area contributed by atoms with Crippen molar-refractivity contribution >= 4 is 29.1 Å². The van der Waals surface area contributed by atoms with E-state index in [1.165, 1.54) is 0 Å². The lowest BCUT2D eigenvalue weighted by Crippen LogP contribution is -2.47. The maximum Gasteiger partial charge on any atom is 0.231 e. The van der Waals surface area contributed by atoms with Crippen molar-refractivity contribution in [3.05, 3.63) is 69.7 Å². The van der Waals surface area contributed by atoms with Crippen LogP contribution in [0.25, 0.3) is 0 Å². The molecular weight excluding hydrogens is 345 g/mol. The summed E-state index contributed by atoms with van der Waals surface area (Å²) in [6, 6.07) is 15.1. The predicted octanol–water partition coefficient (Wildman–Crippen LogP) is 4.36. The van der Waals surface area contributed by atoms with Crippen LogP contribution in [-0.4, -0.2) is 19.1 Å². The molecule has 0 aliphatic carbocycles. The van der Waals surface area contributed by atoms with Crippen molar-refractivity contribution in [2.24, 2.45) is 0 Å². The van der Waals surface area contributed by atoms with Crippen LogP contribution in [0.5, 0.6) is 0 Å². The second-order valence-electron chi connectivity index (χ2n) is 6.01. The lowest BCUT2D eigenvalue weighted by Gasteiger charge is -2.36. The summed E-state index contributed by atoms with van der Waals surface area (Å²) in [5, 5.41) is 4.40. The summed E-state index contributed by atoms with van der Waals surface area (Å²) < 4.78 is 5.48. The fraction of sp³-hybridized carbons (Fsp3) is 0.316. The van der Waals surface area contributed by atoms with Gasteiger partial charge in [-0.1, -0.05) is 47.5 Å². The molecule has 1 N–H and O–H groups in total. The zero-order valence-electron chi connectivity index (χ0n) is 13.2. The molecule has 0 spiro atoms. The molecule has 3 rings (SSSR count).